The third-order valence-corrected chi connectivity index (χ3v) is 7.99. The van der Waals surface area contributed by atoms with E-state index in [-0.39, 0.29) is 18.9 Å². The number of amides is 2. The van der Waals surface area contributed by atoms with Gasteiger partial charge in [-0.2, -0.15) is 0 Å². The number of carbonyl (C=O) groups is 2. The molecule has 0 aromatic heterocycles. The van der Waals surface area contributed by atoms with Crippen LogP contribution in [0.2, 0.25) is 0 Å². The second-order valence-electron chi connectivity index (χ2n) is 12.7. The Morgan fingerprint density at radius 3 is 2.23 bits per heavy atom. The number of alkyl carbamates (subject to hydrolysis) is 1. The monoisotopic (exact) mass is 602 g/mol. The van der Waals surface area contributed by atoms with E-state index in [0.717, 1.165) is 34.2 Å². The fourth-order valence-electron chi connectivity index (χ4n) is 5.78. The Hall–Kier alpha value is -3.72. The maximum absolute atomic E-state index is 13.9. The van der Waals surface area contributed by atoms with E-state index in [2.05, 4.69) is 10.6 Å². The lowest BCUT2D eigenvalue weighted by molar-refractivity contribution is -0.127. The molecule has 44 heavy (non-hydrogen) atoms. The summed E-state index contributed by atoms with van der Waals surface area (Å²) in [5, 5.41) is 37.5. The summed E-state index contributed by atoms with van der Waals surface area (Å²) in [7, 11) is 0. The highest BCUT2D eigenvalue weighted by Gasteiger charge is 2.35. The van der Waals surface area contributed by atoms with Crippen molar-refractivity contribution in [3.8, 4) is 0 Å². The highest BCUT2D eigenvalue weighted by molar-refractivity contribution is 5.80. The van der Waals surface area contributed by atoms with Crippen LogP contribution in [0, 0.1) is 5.92 Å². The van der Waals surface area contributed by atoms with Crippen LogP contribution in [0.5, 0.6) is 0 Å². The molecule has 3 aromatic rings. The number of aliphatic hydroxyl groups is 3. The number of ether oxygens (including phenoxy) is 1. The van der Waals surface area contributed by atoms with Gasteiger partial charge in [-0.25, -0.2) is 4.79 Å². The zero-order chi connectivity index (χ0) is 31.7. The number of carbonyl (C=O) groups excluding carboxylic acids is 2. The van der Waals surface area contributed by atoms with E-state index < -0.39 is 41.9 Å². The first-order valence-electron chi connectivity index (χ1n) is 15.5. The van der Waals surface area contributed by atoms with E-state index in [1.54, 1.807) is 20.8 Å². The molecule has 1 aliphatic rings. The second kappa shape index (κ2) is 15.3. The molecule has 0 saturated carbocycles. The molecule has 8 heteroatoms. The maximum atomic E-state index is 13.9. The molecule has 0 unspecified atom stereocenters. The van der Waals surface area contributed by atoms with Gasteiger partial charge in [-0.1, -0.05) is 78.9 Å². The Morgan fingerprint density at radius 2 is 1.55 bits per heavy atom. The molecule has 5 atom stereocenters. The maximum Gasteiger partial charge on any atom is 0.407 e. The van der Waals surface area contributed by atoms with E-state index in [1.807, 2.05) is 78.9 Å². The van der Waals surface area contributed by atoms with Crippen molar-refractivity contribution in [2.75, 3.05) is 6.61 Å². The van der Waals surface area contributed by atoms with Gasteiger partial charge in [-0.15, -0.1) is 0 Å². The van der Waals surface area contributed by atoms with Crippen molar-refractivity contribution >= 4 is 12.0 Å². The third kappa shape index (κ3) is 9.64. The first-order chi connectivity index (χ1) is 21.0. The standard InChI is InChI=1S/C36H46N2O6/c1-36(2,3)44-35(43)37-30(21-25-10-5-4-6-11-25)31(40)23-28(20-26-17-15-24(16-18-26)12-9-19-39)34(42)38-33-29-14-8-7-13-27(29)22-32(33)41/h4-8,10-11,13-18,28,30-33,39-41H,9,12,19-23H2,1-3H3,(H,37,43)(H,38,42)/t28-,30-,31-,32+,33-/m0/s1. The lowest BCUT2D eigenvalue weighted by atomic mass is 9.88. The number of hydrogen-bond acceptors (Lipinski definition) is 6. The van der Waals surface area contributed by atoms with Crippen molar-refractivity contribution in [3.05, 3.63) is 107 Å². The SMILES string of the molecule is CC(C)(C)OC(=O)N[C@@H](Cc1ccccc1)[C@@H](O)C[C@H](Cc1ccc(CCCO)cc1)C(=O)N[C@H]1c2ccccc2C[C@H]1O. The van der Waals surface area contributed by atoms with E-state index >= 15 is 0 Å². The summed E-state index contributed by atoms with van der Waals surface area (Å²) < 4.78 is 5.49. The Balaban J connectivity index is 1.56. The van der Waals surface area contributed by atoms with Gasteiger partial charge in [0.05, 0.1) is 24.3 Å². The zero-order valence-corrected chi connectivity index (χ0v) is 25.9. The molecular weight excluding hydrogens is 556 g/mol. The summed E-state index contributed by atoms with van der Waals surface area (Å²) >= 11 is 0. The quantitative estimate of drug-likeness (QED) is 0.197. The van der Waals surface area contributed by atoms with Crippen molar-refractivity contribution < 1.29 is 29.6 Å². The molecule has 3 aromatic carbocycles. The number of benzene rings is 3. The van der Waals surface area contributed by atoms with Crippen molar-refractivity contribution in [2.24, 2.45) is 5.92 Å². The molecule has 0 bridgehead atoms. The van der Waals surface area contributed by atoms with E-state index in [4.69, 9.17) is 4.74 Å². The molecule has 0 saturated heterocycles. The molecule has 236 valence electrons. The number of rotatable bonds is 13. The van der Waals surface area contributed by atoms with Gasteiger partial charge in [0, 0.05) is 18.9 Å². The van der Waals surface area contributed by atoms with Crippen LogP contribution in [0.3, 0.4) is 0 Å². The molecule has 0 spiro atoms. The smallest absolute Gasteiger partial charge is 0.407 e. The van der Waals surface area contributed by atoms with Crippen LogP contribution < -0.4 is 10.6 Å². The first-order valence-corrected chi connectivity index (χ1v) is 15.5. The topological polar surface area (TPSA) is 128 Å². The second-order valence-corrected chi connectivity index (χ2v) is 12.7. The number of aliphatic hydroxyl groups excluding tert-OH is 3. The molecule has 0 radical (unpaired) electrons. The summed E-state index contributed by atoms with van der Waals surface area (Å²) in [5.41, 5.74) is 4.14. The van der Waals surface area contributed by atoms with Gasteiger partial charge in [0.15, 0.2) is 0 Å². The van der Waals surface area contributed by atoms with Crippen LogP contribution in [-0.2, 0) is 35.2 Å². The highest BCUT2D eigenvalue weighted by Crippen LogP contribution is 2.32. The normalized spacial score (nSPS) is 18.1. The van der Waals surface area contributed by atoms with Crippen LogP contribution in [0.25, 0.3) is 0 Å². The molecule has 0 heterocycles. The van der Waals surface area contributed by atoms with Crippen LogP contribution in [-0.4, -0.2) is 57.8 Å². The summed E-state index contributed by atoms with van der Waals surface area (Å²) in [6, 6.07) is 23.9. The van der Waals surface area contributed by atoms with Crippen LogP contribution in [0.1, 0.15) is 67.5 Å². The molecule has 4 rings (SSSR count). The van der Waals surface area contributed by atoms with Crippen molar-refractivity contribution in [1.29, 1.82) is 0 Å². The molecule has 2 amide bonds. The van der Waals surface area contributed by atoms with Gasteiger partial charge >= 0.3 is 6.09 Å². The van der Waals surface area contributed by atoms with Gasteiger partial charge in [0.2, 0.25) is 5.91 Å². The summed E-state index contributed by atoms with van der Waals surface area (Å²) in [6.07, 6.45) is 0.240. The average Bonchev–Trinajstić information content (AvgIpc) is 3.30. The van der Waals surface area contributed by atoms with Crippen LogP contribution in [0.15, 0.2) is 78.9 Å². The van der Waals surface area contributed by atoms with Crippen LogP contribution >= 0.6 is 0 Å². The number of hydrogen-bond donors (Lipinski definition) is 5. The third-order valence-electron chi connectivity index (χ3n) is 7.99. The number of nitrogens with one attached hydrogen (secondary N) is 2. The zero-order valence-electron chi connectivity index (χ0n) is 25.9. The van der Waals surface area contributed by atoms with Gasteiger partial charge in [0.1, 0.15) is 5.60 Å². The average molecular weight is 603 g/mol. The molecule has 0 aliphatic heterocycles. The highest BCUT2D eigenvalue weighted by atomic mass is 16.6. The van der Waals surface area contributed by atoms with Gasteiger partial charge in [-0.3, -0.25) is 4.79 Å². The van der Waals surface area contributed by atoms with Gasteiger partial charge < -0.3 is 30.7 Å². The minimum absolute atomic E-state index is 0.0792. The van der Waals surface area contributed by atoms with Gasteiger partial charge in [-0.05, 0) is 80.7 Å². The predicted molar refractivity (Wildman–Crippen MR) is 170 cm³/mol. The Morgan fingerprint density at radius 1 is 0.909 bits per heavy atom. The van der Waals surface area contributed by atoms with Crippen LogP contribution in [0.4, 0.5) is 4.79 Å². The van der Waals surface area contributed by atoms with E-state index in [1.165, 1.54) is 0 Å². The Labute approximate surface area is 260 Å². The first kappa shape index (κ1) is 33.2. The number of fused-ring (bicyclic) bond motifs is 1. The lowest BCUT2D eigenvalue weighted by Gasteiger charge is -2.30. The minimum Gasteiger partial charge on any atom is -0.444 e. The fraction of sp³-hybridized carbons (Fsp3) is 0.444. The lowest BCUT2D eigenvalue weighted by Crippen LogP contribution is -2.48. The largest absolute Gasteiger partial charge is 0.444 e. The van der Waals surface area contributed by atoms with Crippen molar-refractivity contribution in [3.63, 3.8) is 0 Å². The summed E-state index contributed by atoms with van der Waals surface area (Å²) in [6.45, 7) is 5.46. The summed E-state index contributed by atoms with van der Waals surface area (Å²) in [4.78, 5) is 26.7. The van der Waals surface area contributed by atoms with E-state index in [0.29, 0.717) is 25.7 Å². The Bertz CT molecular complexity index is 1360. The molecule has 5 N–H and O–H groups in total. The van der Waals surface area contributed by atoms with E-state index in [9.17, 15) is 24.9 Å². The van der Waals surface area contributed by atoms with Crippen molar-refractivity contribution in [2.45, 2.75) is 89.2 Å². The Kier molecular flexibility index (Phi) is 11.6. The van der Waals surface area contributed by atoms with Gasteiger partial charge in [0.25, 0.3) is 0 Å². The molecular formula is C36H46N2O6. The molecule has 1 aliphatic carbocycles. The summed E-state index contributed by atoms with van der Waals surface area (Å²) in [5.74, 6) is -0.920. The molecule has 0 fully saturated rings. The fourth-order valence-corrected chi connectivity index (χ4v) is 5.78. The molecule has 8 nitrogen and oxygen atoms in total. The number of aryl methyl sites for hydroxylation is 1. The predicted octanol–water partition coefficient (Wildman–Crippen LogP) is 4.43. The van der Waals surface area contributed by atoms with Crippen molar-refractivity contribution in [1.82, 2.24) is 10.6 Å². The minimum atomic E-state index is -1.07.